The number of anilines is 3. The van der Waals surface area contributed by atoms with Crippen LogP contribution in [-0.2, 0) is 16.0 Å². The van der Waals surface area contributed by atoms with Gasteiger partial charge >= 0.3 is 0 Å². The maximum Gasteiger partial charge on any atom is 0.282 e. The molecular weight excluding hydrogens is 673 g/mol. The Morgan fingerprint density at radius 3 is 2.04 bits per heavy atom. The molecule has 1 aliphatic carbocycles. The van der Waals surface area contributed by atoms with Crippen molar-refractivity contribution in [1.29, 1.82) is 0 Å². The molecule has 6 heterocycles. The molecule has 3 aliphatic heterocycles. The minimum atomic E-state index is -2.68. The highest BCUT2D eigenvalue weighted by Gasteiger charge is 2.45. The minimum absolute atomic E-state index is 0.0640. The molecule has 0 spiro atoms. The molecule has 1 saturated carbocycles. The molecule has 2 saturated heterocycles. The summed E-state index contributed by atoms with van der Waals surface area (Å²) in [6, 6.07) is 3.35. The zero-order chi connectivity index (χ0) is 33.5. The number of halogens is 4. The van der Waals surface area contributed by atoms with Gasteiger partial charge in [-0.2, -0.15) is 0 Å². The van der Waals surface area contributed by atoms with Crippen LogP contribution in [0.3, 0.4) is 0 Å². The van der Waals surface area contributed by atoms with Crippen LogP contribution in [0.5, 0.6) is 0 Å². The summed E-state index contributed by atoms with van der Waals surface area (Å²) in [5.41, 5.74) is 0.656. The van der Waals surface area contributed by atoms with Crippen LogP contribution in [0.25, 0.3) is 0 Å². The van der Waals surface area contributed by atoms with E-state index in [0.29, 0.717) is 33.9 Å². The van der Waals surface area contributed by atoms with Crippen molar-refractivity contribution in [3.63, 3.8) is 0 Å². The molecule has 4 aliphatic rings. The molecule has 0 radical (unpaired) electrons. The largest absolute Gasteiger partial charge is 0.345 e. The van der Waals surface area contributed by atoms with Gasteiger partial charge in [0, 0.05) is 36.6 Å². The summed E-state index contributed by atoms with van der Waals surface area (Å²) in [5.74, 6) is -4.67. The van der Waals surface area contributed by atoms with Crippen LogP contribution >= 0.6 is 22.7 Å². The molecule has 48 heavy (non-hydrogen) atoms. The number of carbonyl (C=O) groups is 2. The Morgan fingerprint density at radius 1 is 0.854 bits per heavy atom. The Hall–Kier alpha value is -4.06. The van der Waals surface area contributed by atoms with Gasteiger partial charge in [-0.25, -0.2) is 27.5 Å². The van der Waals surface area contributed by atoms with Gasteiger partial charge in [-0.05, 0) is 43.4 Å². The number of nitrogens with one attached hydrogen (secondary N) is 2. The summed E-state index contributed by atoms with van der Waals surface area (Å²) in [5, 5.41) is 25.2. The minimum Gasteiger partial charge on any atom is -0.345 e. The van der Waals surface area contributed by atoms with Gasteiger partial charge in [0.25, 0.3) is 11.8 Å². The van der Waals surface area contributed by atoms with Crippen LogP contribution in [0.1, 0.15) is 65.9 Å². The molecule has 12 nitrogen and oxygen atoms in total. The van der Waals surface area contributed by atoms with E-state index in [2.05, 4.69) is 41.0 Å². The molecule has 7 rings (SSSR count). The predicted molar refractivity (Wildman–Crippen MR) is 172 cm³/mol. The van der Waals surface area contributed by atoms with Crippen LogP contribution in [0.2, 0.25) is 0 Å². The quantitative estimate of drug-likeness (QED) is 0.277. The molecule has 3 aromatic rings. The third-order valence-corrected chi connectivity index (χ3v) is 10.7. The van der Waals surface area contributed by atoms with E-state index in [4.69, 9.17) is 0 Å². The standard InChI is InChI=1S/C30H32F4N10O2S2/c31-29(32)13-43(14-29)21-6-4-17(11-35-21)8-23(45)37-27-41-39-25(47-27)19-2-1-3-20(10-19)26-40-42-28(48-26)38-24(46)9-18-5-7-22(36-12-18)44-15-30(33,34)16-44/h4,6-7,11-12,18-20H,1-3,5,8-10,13-16H2,(H,37,41,45)(H,38,42,46)/t18?,19-,20-/m0/s1. The molecule has 3 fully saturated rings. The van der Waals surface area contributed by atoms with Crippen molar-refractivity contribution in [1.82, 2.24) is 30.3 Å². The van der Waals surface area contributed by atoms with Gasteiger partial charge in [-0.3, -0.25) is 9.59 Å². The smallest absolute Gasteiger partial charge is 0.282 e. The fraction of sp³-hybridized carbons (Fsp3) is 0.533. The van der Waals surface area contributed by atoms with Crippen LogP contribution in [0.4, 0.5) is 33.6 Å². The van der Waals surface area contributed by atoms with Crippen LogP contribution < -0.4 is 15.5 Å². The zero-order valence-electron chi connectivity index (χ0n) is 25.6. The first-order chi connectivity index (χ1) is 23.0. The number of pyridine rings is 1. The van der Waals surface area contributed by atoms with E-state index in [9.17, 15) is 27.2 Å². The van der Waals surface area contributed by atoms with Crippen molar-refractivity contribution >= 4 is 56.8 Å². The highest BCUT2D eigenvalue weighted by molar-refractivity contribution is 7.15. The van der Waals surface area contributed by atoms with Gasteiger partial charge in [-0.1, -0.05) is 35.2 Å². The van der Waals surface area contributed by atoms with Crippen LogP contribution in [0.15, 0.2) is 35.2 Å². The van der Waals surface area contributed by atoms with E-state index in [-0.39, 0.29) is 68.6 Å². The van der Waals surface area contributed by atoms with Gasteiger partial charge < -0.3 is 20.4 Å². The number of hydrogen-bond donors (Lipinski definition) is 2. The first kappa shape index (κ1) is 32.5. The summed E-state index contributed by atoms with van der Waals surface area (Å²) < 4.78 is 52.5. The van der Waals surface area contributed by atoms with Gasteiger partial charge in [0.05, 0.1) is 32.6 Å². The summed E-state index contributed by atoms with van der Waals surface area (Å²) in [7, 11) is 0. The van der Waals surface area contributed by atoms with E-state index >= 15 is 0 Å². The Balaban J connectivity index is 0.862. The van der Waals surface area contributed by atoms with E-state index in [0.717, 1.165) is 35.7 Å². The number of alkyl halides is 4. The second-order valence-corrected chi connectivity index (χ2v) is 14.7. The molecule has 3 atom stereocenters. The monoisotopic (exact) mass is 704 g/mol. The van der Waals surface area contributed by atoms with E-state index in [1.54, 1.807) is 24.4 Å². The topological polar surface area (TPSA) is 141 Å². The highest BCUT2D eigenvalue weighted by atomic mass is 32.1. The number of carbonyl (C=O) groups excluding carboxylic acids is 2. The van der Waals surface area contributed by atoms with E-state index in [1.165, 1.54) is 38.7 Å². The summed E-state index contributed by atoms with van der Waals surface area (Å²) in [4.78, 5) is 36.8. The molecule has 1 unspecified atom stereocenters. The highest BCUT2D eigenvalue weighted by Crippen LogP contribution is 2.43. The number of aromatic nitrogens is 5. The zero-order valence-corrected chi connectivity index (χ0v) is 27.3. The van der Waals surface area contributed by atoms with Gasteiger partial charge in [0.1, 0.15) is 21.7 Å². The maximum absolute atomic E-state index is 13.1. The van der Waals surface area contributed by atoms with Crippen molar-refractivity contribution < 1.29 is 27.2 Å². The Bertz CT molecular complexity index is 1710. The van der Waals surface area contributed by atoms with Gasteiger partial charge in [-0.15, -0.1) is 20.4 Å². The van der Waals surface area contributed by atoms with Crippen molar-refractivity contribution in [2.45, 2.75) is 68.6 Å². The second kappa shape index (κ2) is 13.1. The molecule has 254 valence electrons. The van der Waals surface area contributed by atoms with Crippen molar-refractivity contribution in [3.05, 3.63) is 45.8 Å². The number of amides is 2. The fourth-order valence-electron chi connectivity index (χ4n) is 6.25. The average Bonchev–Trinajstić information content (AvgIpc) is 3.69. The van der Waals surface area contributed by atoms with Crippen molar-refractivity contribution in [3.8, 4) is 0 Å². The number of hydrogen-bond acceptors (Lipinski definition) is 12. The summed E-state index contributed by atoms with van der Waals surface area (Å²) in [6.45, 7) is -1.36. The number of aliphatic imine (C=N–C) groups is 1. The van der Waals surface area contributed by atoms with Crippen LogP contribution in [0, 0.1) is 5.92 Å². The van der Waals surface area contributed by atoms with Gasteiger partial charge in [0.15, 0.2) is 0 Å². The molecule has 2 N–H and O–H groups in total. The number of allylic oxidation sites excluding steroid dienone is 1. The normalized spacial score (nSPS) is 24.3. The first-order valence-corrected chi connectivity index (χ1v) is 17.3. The average molecular weight is 705 g/mol. The molecule has 0 bridgehead atoms. The Morgan fingerprint density at radius 2 is 1.48 bits per heavy atom. The maximum atomic E-state index is 13.1. The Kier molecular flexibility index (Phi) is 8.86. The number of likely N-dealkylation sites (tertiary alicyclic amines) is 1. The third kappa shape index (κ3) is 7.64. The van der Waals surface area contributed by atoms with Gasteiger partial charge in [0.2, 0.25) is 22.1 Å². The van der Waals surface area contributed by atoms with Crippen molar-refractivity contribution in [2.75, 3.05) is 41.7 Å². The molecule has 18 heteroatoms. The summed E-state index contributed by atoms with van der Waals surface area (Å²) >= 11 is 2.70. The molecule has 0 aromatic carbocycles. The number of rotatable bonds is 10. The fourth-order valence-corrected chi connectivity index (χ4v) is 8.07. The van der Waals surface area contributed by atoms with E-state index < -0.39 is 11.8 Å². The number of nitrogens with zero attached hydrogens (tertiary/aromatic N) is 8. The Labute approximate surface area is 280 Å². The first-order valence-electron chi connectivity index (χ1n) is 15.7. The summed E-state index contributed by atoms with van der Waals surface area (Å²) in [6.07, 6.45) is 9.41. The molecule has 3 aromatic heterocycles. The SMILES string of the molecule is O=C(Cc1ccc(N2CC(F)(F)C2)nc1)Nc1nnc([C@H]2CCC[C@H](c3nnc(NC(=O)CC4C=NC(N5CC(F)(F)C5)=CC4)s3)C2)s1. The predicted octanol–water partition coefficient (Wildman–Crippen LogP) is 5.07. The van der Waals surface area contributed by atoms with E-state index in [1.807, 2.05) is 0 Å². The second-order valence-electron chi connectivity index (χ2n) is 12.7. The lowest BCUT2D eigenvalue weighted by molar-refractivity contribution is -0.117. The molecule has 2 amide bonds. The van der Waals surface area contributed by atoms with Crippen molar-refractivity contribution in [2.24, 2.45) is 10.9 Å². The molecular formula is C30H32F4N10O2S2. The lowest BCUT2D eigenvalue weighted by atomic mass is 9.82. The lowest BCUT2D eigenvalue weighted by Crippen LogP contribution is -2.56. The lowest BCUT2D eigenvalue weighted by Gasteiger charge is -2.41. The third-order valence-electron chi connectivity index (χ3n) is 8.73. The van der Waals surface area contributed by atoms with Crippen LogP contribution in [-0.4, -0.2) is 86.3 Å².